The summed E-state index contributed by atoms with van der Waals surface area (Å²) in [7, 11) is 0. The molecule has 0 saturated carbocycles. The fourth-order valence-electron chi connectivity index (χ4n) is 2.17. The van der Waals surface area contributed by atoms with Crippen LogP contribution in [0.25, 0.3) is 0 Å². The maximum atomic E-state index is 4.76. The largest absolute Gasteiger partial charge is 0.340 e. The Kier molecular flexibility index (Phi) is 4.30. The van der Waals surface area contributed by atoms with E-state index < -0.39 is 0 Å². The Labute approximate surface area is 131 Å². The first-order valence-corrected chi connectivity index (χ1v) is 7.34. The molecule has 0 amide bonds. The highest BCUT2D eigenvalue weighted by Crippen LogP contribution is 2.16. The van der Waals surface area contributed by atoms with Crippen molar-refractivity contribution in [3.8, 4) is 0 Å². The van der Waals surface area contributed by atoms with Gasteiger partial charge in [-0.1, -0.05) is 66.2 Å². The number of rotatable bonds is 3. The van der Waals surface area contributed by atoms with Crippen LogP contribution in [0.5, 0.6) is 0 Å². The number of aryl methyl sites for hydroxylation is 1. The molecule has 108 valence electrons. The molecule has 2 heteroatoms. The molecule has 0 unspecified atom stereocenters. The molecule has 0 aliphatic carbocycles. The number of aliphatic imine (C=N–C) groups is 1. The average Bonchev–Trinajstić information content (AvgIpc) is 2.57. The fraction of sp³-hybridized carbons (Fsp3) is 0.0500. The monoisotopic (exact) mass is 286 g/mol. The lowest BCUT2D eigenvalue weighted by Crippen LogP contribution is -2.13. The lowest BCUT2D eigenvalue weighted by Gasteiger charge is -2.11. The number of anilines is 1. The van der Waals surface area contributed by atoms with Crippen molar-refractivity contribution >= 4 is 17.2 Å². The van der Waals surface area contributed by atoms with Gasteiger partial charge in [-0.2, -0.15) is 0 Å². The van der Waals surface area contributed by atoms with E-state index in [9.17, 15) is 0 Å². The third kappa shape index (κ3) is 3.61. The van der Waals surface area contributed by atoms with Gasteiger partial charge >= 0.3 is 0 Å². The standard InChI is InChI=1S/C20H18N2/c1-16-12-14-17(15-13-16)20(21-18-8-4-2-5-9-18)22-19-10-6-3-7-11-19/h2-15H,1H3,(H,21,22). The Morgan fingerprint density at radius 3 is 1.95 bits per heavy atom. The SMILES string of the molecule is Cc1ccc(/C(=N\c2ccccc2)Nc2ccccc2)cc1. The van der Waals surface area contributed by atoms with Gasteiger partial charge in [-0.15, -0.1) is 0 Å². The second-order valence-electron chi connectivity index (χ2n) is 5.15. The normalized spacial score (nSPS) is 11.2. The number of hydrogen-bond acceptors (Lipinski definition) is 1. The van der Waals surface area contributed by atoms with Crippen LogP contribution in [0, 0.1) is 6.92 Å². The predicted molar refractivity (Wildman–Crippen MR) is 93.9 cm³/mol. The molecule has 0 aliphatic rings. The van der Waals surface area contributed by atoms with E-state index in [0.717, 1.165) is 22.8 Å². The van der Waals surface area contributed by atoms with Gasteiger partial charge in [0.25, 0.3) is 0 Å². The molecule has 0 radical (unpaired) electrons. The minimum absolute atomic E-state index is 0.845. The van der Waals surface area contributed by atoms with Crippen LogP contribution < -0.4 is 5.32 Å². The van der Waals surface area contributed by atoms with Crippen molar-refractivity contribution in [2.75, 3.05) is 5.32 Å². The van der Waals surface area contributed by atoms with Crippen LogP contribution in [0.2, 0.25) is 0 Å². The van der Waals surface area contributed by atoms with Gasteiger partial charge in [-0.3, -0.25) is 0 Å². The molecule has 22 heavy (non-hydrogen) atoms. The Balaban J connectivity index is 1.98. The zero-order valence-electron chi connectivity index (χ0n) is 12.5. The van der Waals surface area contributed by atoms with Crippen LogP contribution in [0.1, 0.15) is 11.1 Å². The topological polar surface area (TPSA) is 24.4 Å². The highest BCUT2D eigenvalue weighted by Gasteiger charge is 2.04. The van der Waals surface area contributed by atoms with Gasteiger partial charge in [0.1, 0.15) is 5.84 Å². The van der Waals surface area contributed by atoms with Gasteiger partial charge in [0, 0.05) is 11.3 Å². The Morgan fingerprint density at radius 2 is 1.32 bits per heavy atom. The number of nitrogens with one attached hydrogen (secondary N) is 1. The molecule has 0 bridgehead atoms. The molecule has 3 aromatic carbocycles. The van der Waals surface area contributed by atoms with E-state index in [2.05, 4.69) is 36.5 Å². The van der Waals surface area contributed by atoms with E-state index in [0.29, 0.717) is 0 Å². The molecule has 0 fully saturated rings. The van der Waals surface area contributed by atoms with Crippen LogP contribution in [0.4, 0.5) is 11.4 Å². The molecule has 0 saturated heterocycles. The first-order valence-electron chi connectivity index (χ1n) is 7.34. The summed E-state index contributed by atoms with van der Waals surface area (Å²) < 4.78 is 0. The highest BCUT2D eigenvalue weighted by molar-refractivity contribution is 6.09. The van der Waals surface area contributed by atoms with Crippen molar-refractivity contribution in [1.82, 2.24) is 0 Å². The van der Waals surface area contributed by atoms with Crippen molar-refractivity contribution in [3.05, 3.63) is 96.1 Å². The number of hydrogen-bond donors (Lipinski definition) is 1. The zero-order chi connectivity index (χ0) is 15.2. The highest BCUT2D eigenvalue weighted by atomic mass is 15.0. The number of para-hydroxylation sites is 2. The first kappa shape index (κ1) is 14.1. The first-order chi connectivity index (χ1) is 10.8. The third-order valence-corrected chi connectivity index (χ3v) is 3.36. The van der Waals surface area contributed by atoms with Crippen molar-refractivity contribution in [1.29, 1.82) is 0 Å². The quantitative estimate of drug-likeness (QED) is 0.520. The molecule has 0 aliphatic heterocycles. The minimum atomic E-state index is 0.845. The number of benzene rings is 3. The van der Waals surface area contributed by atoms with E-state index in [1.807, 2.05) is 60.7 Å². The molecule has 1 N–H and O–H groups in total. The molecule has 0 heterocycles. The van der Waals surface area contributed by atoms with E-state index in [-0.39, 0.29) is 0 Å². The van der Waals surface area contributed by atoms with Gasteiger partial charge in [-0.05, 0) is 31.2 Å². The van der Waals surface area contributed by atoms with Crippen molar-refractivity contribution < 1.29 is 0 Å². The predicted octanol–water partition coefficient (Wildman–Crippen LogP) is 5.19. The van der Waals surface area contributed by atoms with Crippen molar-refractivity contribution in [3.63, 3.8) is 0 Å². The van der Waals surface area contributed by atoms with E-state index in [4.69, 9.17) is 4.99 Å². The summed E-state index contributed by atoms with van der Waals surface area (Å²) in [4.78, 5) is 4.76. The second-order valence-corrected chi connectivity index (χ2v) is 5.15. The summed E-state index contributed by atoms with van der Waals surface area (Å²) in [5.74, 6) is 0.845. The summed E-state index contributed by atoms with van der Waals surface area (Å²) in [6.07, 6.45) is 0. The minimum Gasteiger partial charge on any atom is -0.340 e. The van der Waals surface area contributed by atoms with Crippen LogP contribution >= 0.6 is 0 Å². The molecular formula is C20H18N2. The molecule has 0 spiro atoms. The smallest absolute Gasteiger partial charge is 0.138 e. The van der Waals surface area contributed by atoms with Gasteiger partial charge in [0.05, 0.1) is 5.69 Å². The summed E-state index contributed by atoms with van der Waals surface area (Å²) in [6.45, 7) is 2.09. The third-order valence-electron chi connectivity index (χ3n) is 3.36. The van der Waals surface area contributed by atoms with E-state index >= 15 is 0 Å². The second kappa shape index (κ2) is 6.72. The fourth-order valence-corrected chi connectivity index (χ4v) is 2.17. The van der Waals surface area contributed by atoms with Crippen molar-refractivity contribution in [2.45, 2.75) is 6.92 Å². The summed E-state index contributed by atoms with van der Waals surface area (Å²) in [6, 6.07) is 28.5. The zero-order valence-corrected chi connectivity index (χ0v) is 12.5. The molecule has 0 atom stereocenters. The van der Waals surface area contributed by atoms with Gasteiger partial charge in [-0.25, -0.2) is 4.99 Å². The molecule has 3 rings (SSSR count). The summed E-state index contributed by atoms with van der Waals surface area (Å²) in [5, 5.41) is 3.41. The Hall–Kier alpha value is -2.87. The molecule has 3 aromatic rings. The van der Waals surface area contributed by atoms with Crippen LogP contribution in [-0.2, 0) is 0 Å². The average molecular weight is 286 g/mol. The van der Waals surface area contributed by atoms with Crippen LogP contribution in [0.15, 0.2) is 89.9 Å². The van der Waals surface area contributed by atoms with E-state index in [1.165, 1.54) is 5.56 Å². The Morgan fingerprint density at radius 1 is 0.727 bits per heavy atom. The maximum Gasteiger partial charge on any atom is 0.138 e. The Bertz CT molecular complexity index is 745. The summed E-state index contributed by atoms with van der Waals surface area (Å²) in [5.41, 5.74) is 4.26. The van der Waals surface area contributed by atoms with Gasteiger partial charge in [0.2, 0.25) is 0 Å². The van der Waals surface area contributed by atoms with Gasteiger partial charge in [0.15, 0.2) is 0 Å². The molecule has 2 nitrogen and oxygen atoms in total. The maximum absolute atomic E-state index is 4.76. The van der Waals surface area contributed by atoms with Crippen LogP contribution in [0.3, 0.4) is 0 Å². The molecule has 0 aromatic heterocycles. The number of nitrogens with zero attached hydrogens (tertiary/aromatic N) is 1. The molecular weight excluding hydrogens is 268 g/mol. The van der Waals surface area contributed by atoms with Crippen LogP contribution in [-0.4, -0.2) is 5.84 Å². The lowest BCUT2D eigenvalue weighted by molar-refractivity contribution is 1.43. The van der Waals surface area contributed by atoms with Crippen molar-refractivity contribution in [2.24, 2.45) is 4.99 Å². The summed E-state index contributed by atoms with van der Waals surface area (Å²) >= 11 is 0. The van der Waals surface area contributed by atoms with Gasteiger partial charge < -0.3 is 5.32 Å². The van der Waals surface area contributed by atoms with E-state index in [1.54, 1.807) is 0 Å². The lowest BCUT2D eigenvalue weighted by atomic mass is 10.1. The number of amidine groups is 1.